The zero-order valence-electron chi connectivity index (χ0n) is 13.8. The van der Waals surface area contributed by atoms with E-state index in [0.717, 1.165) is 35.2 Å². The number of halogens is 3. The molecule has 0 fully saturated rings. The van der Waals surface area contributed by atoms with Crippen LogP contribution in [-0.2, 0) is 13.0 Å². The lowest BCUT2D eigenvalue weighted by Gasteiger charge is -2.22. The van der Waals surface area contributed by atoms with Gasteiger partial charge in [-0.2, -0.15) is 0 Å². The summed E-state index contributed by atoms with van der Waals surface area (Å²) in [5.41, 5.74) is 2.20. The number of rotatable bonds is 5. The summed E-state index contributed by atoms with van der Waals surface area (Å²) >= 11 is 13.7. The van der Waals surface area contributed by atoms with E-state index in [9.17, 15) is 0 Å². The summed E-state index contributed by atoms with van der Waals surface area (Å²) in [4.78, 5) is 10.8. The van der Waals surface area contributed by atoms with Crippen LogP contribution in [-0.4, -0.2) is 36.5 Å². The molecule has 1 aromatic carbocycles. The highest BCUT2D eigenvalue weighted by atomic mass is 127. The molecule has 0 atom stereocenters. The maximum absolute atomic E-state index is 6.06. The van der Waals surface area contributed by atoms with E-state index in [1.807, 2.05) is 37.1 Å². The van der Waals surface area contributed by atoms with Gasteiger partial charge in [-0.25, -0.2) is 4.98 Å². The smallest absolute Gasteiger partial charge is 0.193 e. The molecule has 0 aliphatic carbocycles. The molecule has 1 N–H and O–H groups in total. The molecule has 4 nitrogen and oxygen atoms in total. The van der Waals surface area contributed by atoms with Crippen LogP contribution in [0, 0.1) is 6.92 Å². The molecule has 0 saturated carbocycles. The molecule has 1 aromatic heterocycles. The predicted molar refractivity (Wildman–Crippen MR) is 115 cm³/mol. The molecule has 2 rings (SSSR count). The summed E-state index contributed by atoms with van der Waals surface area (Å²) in [6.07, 6.45) is 0.879. The number of guanidine groups is 1. The normalized spacial score (nSPS) is 11.1. The van der Waals surface area contributed by atoms with Crippen LogP contribution < -0.4 is 5.32 Å². The number of aliphatic imine (C=N–C) groups is 1. The van der Waals surface area contributed by atoms with Crippen LogP contribution in [0.2, 0.25) is 10.0 Å². The third-order valence-electron chi connectivity index (χ3n) is 3.31. The van der Waals surface area contributed by atoms with E-state index < -0.39 is 0 Å². The third kappa shape index (κ3) is 6.38. The lowest BCUT2D eigenvalue weighted by molar-refractivity contribution is 0.477. The Hall–Kier alpha value is -0.570. The molecule has 0 amide bonds. The van der Waals surface area contributed by atoms with Gasteiger partial charge in [-0.05, 0) is 24.6 Å². The van der Waals surface area contributed by atoms with Crippen molar-refractivity contribution in [3.8, 4) is 0 Å². The minimum atomic E-state index is 0. The molecule has 0 radical (unpaired) electrons. The molecular weight excluding hydrogens is 478 g/mol. The molecule has 0 spiro atoms. The van der Waals surface area contributed by atoms with Gasteiger partial charge in [-0.3, -0.25) is 4.99 Å². The Kier molecular flexibility index (Phi) is 9.33. The number of aryl methyl sites for hydroxylation is 1. The number of thiazole rings is 1. The van der Waals surface area contributed by atoms with Crippen molar-refractivity contribution in [2.75, 3.05) is 20.6 Å². The lowest BCUT2D eigenvalue weighted by atomic mass is 10.2. The van der Waals surface area contributed by atoms with E-state index >= 15 is 0 Å². The predicted octanol–water partition coefficient (Wildman–Crippen LogP) is 4.63. The second kappa shape index (κ2) is 10.4. The summed E-state index contributed by atoms with van der Waals surface area (Å²) in [7, 11) is 3.77. The van der Waals surface area contributed by atoms with Gasteiger partial charge in [-0.1, -0.05) is 29.3 Å². The van der Waals surface area contributed by atoms with Crippen molar-refractivity contribution in [3.63, 3.8) is 0 Å². The fraction of sp³-hybridized carbons (Fsp3) is 0.375. The van der Waals surface area contributed by atoms with Crippen LogP contribution in [0.3, 0.4) is 0 Å². The lowest BCUT2D eigenvalue weighted by Crippen LogP contribution is -2.39. The molecule has 2 aromatic rings. The summed E-state index contributed by atoms with van der Waals surface area (Å²) in [5, 5.41) is 7.69. The van der Waals surface area contributed by atoms with Crippen molar-refractivity contribution in [2.45, 2.75) is 19.9 Å². The number of benzene rings is 1. The molecule has 0 aliphatic heterocycles. The quantitative estimate of drug-likeness (QED) is 0.371. The monoisotopic (exact) mass is 498 g/mol. The van der Waals surface area contributed by atoms with Crippen LogP contribution in [0.5, 0.6) is 0 Å². The number of aromatic nitrogens is 1. The molecule has 132 valence electrons. The van der Waals surface area contributed by atoms with Gasteiger partial charge >= 0.3 is 0 Å². The minimum Gasteiger partial charge on any atom is -0.356 e. The standard InChI is InChI=1S/C16H20Cl2N4S.HI/c1-11-21-13(10-23-11)6-7-20-16(19-2)22(3)9-12-4-5-14(17)15(18)8-12;/h4-5,8,10H,6-7,9H2,1-3H3,(H,19,20);1H. The largest absolute Gasteiger partial charge is 0.356 e. The molecule has 0 aliphatic rings. The third-order valence-corrected chi connectivity index (χ3v) is 4.87. The van der Waals surface area contributed by atoms with Gasteiger partial charge in [0, 0.05) is 39.0 Å². The van der Waals surface area contributed by atoms with E-state index in [-0.39, 0.29) is 24.0 Å². The summed E-state index contributed by atoms with van der Waals surface area (Å²) in [6.45, 7) is 3.51. The van der Waals surface area contributed by atoms with E-state index in [2.05, 4.69) is 20.7 Å². The molecule has 1 heterocycles. The fourth-order valence-corrected chi connectivity index (χ4v) is 3.16. The van der Waals surface area contributed by atoms with E-state index in [1.54, 1.807) is 18.4 Å². The number of hydrogen-bond donors (Lipinski definition) is 1. The first-order valence-corrected chi connectivity index (χ1v) is 8.90. The highest BCUT2D eigenvalue weighted by molar-refractivity contribution is 14.0. The van der Waals surface area contributed by atoms with Crippen molar-refractivity contribution in [2.24, 2.45) is 4.99 Å². The Morgan fingerprint density at radius 3 is 2.67 bits per heavy atom. The van der Waals surface area contributed by atoms with Crippen molar-refractivity contribution in [1.82, 2.24) is 15.2 Å². The van der Waals surface area contributed by atoms with Crippen LogP contribution in [0.25, 0.3) is 0 Å². The van der Waals surface area contributed by atoms with Crippen LogP contribution in [0.4, 0.5) is 0 Å². The van der Waals surface area contributed by atoms with Gasteiger partial charge in [0.2, 0.25) is 0 Å². The molecule has 0 saturated heterocycles. The van der Waals surface area contributed by atoms with Crippen LogP contribution in [0.1, 0.15) is 16.3 Å². The maximum Gasteiger partial charge on any atom is 0.193 e. The van der Waals surface area contributed by atoms with Crippen LogP contribution >= 0.6 is 58.5 Å². The van der Waals surface area contributed by atoms with Crippen molar-refractivity contribution in [3.05, 3.63) is 49.9 Å². The molecule has 0 unspecified atom stereocenters. The molecule has 24 heavy (non-hydrogen) atoms. The van der Waals surface area contributed by atoms with Gasteiger partial charge in [0.05, 0.1) is 20.7 Å². The minimum absolute atomic E-state index is 0. The molecule has 8 heteroatoms. The summed E-state index contributed by atoms with van der Waals surface area (Å²) in [6, 6.07) is 5.66. The van der Waals surface area contributed by atoms with Gasteiger partial charge in [0.15, 0.2) is 5.96 Å². The zero-order valence-corrected chi connectivity index (χ0v) is 18.5. The average Bonchev–Trinajstić information content (AvgIpc) is 2.93. The SMILES string of the molecule is CN=C(NCCc1csc(C)n1)N(C)Cc1ccc(Cl)c(Cl)c1.I. The Morgan fingerprint density at radius 2 is 2.08 bits per heavy atom. The Labute approximate surface area is 174 Å². The van der Waals surface area contributed by atoms with Gasteiger partial charge in [0.1, 0.15) is 0 Å². The number of nitrogens with zero attached hydrogens (tertiary/aromatic N) is 3. The second-order valence-corrected chi connectivity index (χ2v) is 7.06. The zero-order chi connectivity index (χ0) is 16.8. The first kappa shape index (κ1) is 21.5. The number of hydrogen-bond acceptors (Lipinski definition) is 3. The summed E-state index contributed by atoms with van der Waals surface area (Å²) in [5.74, 6) is 0.836. The topological polar surface area (TPSA) is 40.5 Å². The van der Waals surface area contributed by atoms with Crippen LogP contribution in [0.15, 0.2) is 28.6 Å². The van der Waals surface area contributed by atoms with Gasteiger partial charge in [0.25, 0.3) is 0 Å². The van der Waals surface area contributed by atoms with E-state index in [4.69, 9.17) is 23.2 Å². The Morgan fingerprint density at radius 1 is 1.33 bits per heavy atom. The van der Waals surface area contributed by atoms with Crippen molar-refractivity contribution in [1.29, 1.82) is 0 Å². The first-order chi connectivity index (χ1) is 11.0. The number of nitrogens with one attached hydrogen (secondary N) is 1. The van der Waals surface area contributed by atoms with Gasteiger partial charge in [-0.15, -0.1) is 35.3 Å². The average molecular weight is 499 g/mol. The highest BCUT2D eigenvalue weighted by Gasteiger charge is 2.08. The molecule has 0 bridgehead atoms. The fourth-order valence-electron chi connectivity index (χ4n) is 2.20. The molecular formula is C16H21Cl2IN4S. The Bertz CT molecular complexity index is 690. The highest BCUT2D eigenvalue weighted by Crippen LogP contribution is 2.23. The second-order valence-electron chi connectivity index (χ2n) is 5.19. The van der Waals surface area contributed by atoms with E-state index in [0.29, 0.717) is 16.6 Å². The Balaban J connectivity index is 0.00000288. The first-order valence-electron chi connectivity index (χ1n) is 7.26. The van der Waals surface area contributed by atoms with Gasteiger partial charge < -0.3 is 10.2 Å². The summed E-state index contributed by atoms with van der Waals surface area (Å²) < 4.78 is 0. The maximum atomic E-state index is 6.06. The van der Waals surface area contributed by atoms with Crippen molar-refractivity contribution < 1.29 is 0 Å². The van der Waals surface area contributed by atoms with E-state index in [1.165, 1.54) is 0 Å². The van der Waals surface area contributed by atoms with Crippen molar-refractivity contribution >= 4 is 64.5 Å².